The number of carbonyl (C=O) groups excluding carboxylic acids is 1. The Bertz CT molecular complexity index is 780. The van der Waals surface area contributed by atoms with Gasteiger partial charge in [0.15, 0.2) is 6.23 Å². The van der Waals surface area contributed by atoms with Crippen molar-refractivity contribution in [1.82, 2.24) is 10.6 Å². The molecule has 1 saturated heterocycles. The van der Waals surface area contributed by atoms with Gasteiger partial charge >= 0.3 is 11.9 Å². The summed E-state index contributed by atoms with van der Waals surface area (Å²) in [5.74, 6) is -1.50. The standard InChI is InChI=1S/C22H31N3O6/c26-20-13-19(31-18-8-4-3-7-17(18)25(20)14-21(27)28)24-16(22(29)30)6-2-1-5-15-9-11-23-12-10-15/h3-4,7-8,15-16,19,23-24H,1-2,5-6,9-14H2,(H,27,28)(H,29,30)/t16-,19-/m0/s1. The summed E-state index contributed by atoms with van der Waals surface area (Å²) in [5, 5.41) is 25.1. The maximum absolute atomic E-state index is 12.7. The van der Waals surface area contributed by atoms with Crippen molar-refractivity contribution in [2.45, 2.75) is 57.2 Å². The van der Waals surface area contributed by atoms with E-state index in [0.717, 1.165) is 37.3 Å². The molecule has 2 heterocycles. The van der Waals surface area contributed by atoms with Crippen LogP contribution in [0.1, 0.15) is 44.9 Å². The minimum atomic E-state index is -1.13. The monoisotopic (exact) mass is 433 g/mol. The molecular formula is C22H31N3O6. The van der Waals surface area contributed by atoms with Gasteiger partial charge in [0.25, 0.3) is 0 Å². The van der Waals surface area contributed by atoms with Crippen molar-refractivity contribution < 1.29 is 29.3 Å². The number of hydrogen-bond acceptors (Lipinski definition) is 6. The van der Waals surface area contributed by atoms with Crippen LogP contribution in [0.3, 0.4) is 0 Å². The number of ether oxygens (including phenoxy) is 1. The zero-order chi connectivity index (χ0) is 22.2. The summed E-state index contributed by atoms with van der Waals surface area (Å²) in [6, 6.07) is 5.84. The molecule has 0 aliphatic carbocycles. The molecule has 1 aromatic carbocycles. The molecule has 0 saturated carbocycles. The molecule has 0 aromatic heterocycles. The number of para-hydroxylation sites is 2. The molecule has 3 rings (SSSR count). The SMILES string of the molecule is O=C(O)CN1C(=O)C[C@@H](N[C@@H](CCCCC2CCNCC2)C(=O)O)Oc2ccccc21. The van der Waals surface area contributed by atoms with Gasteiger partial charge in [-0.15, -0.1) is 0 Å². The number of anilines is 1. The average Bonchev–Trinajstić information content (AvgIpc) is 2.87. The Hall–Kier alpha value is -2.65. The third-order valence-corrected chi connectivity index (χ3v) is 5.88. The van der Waals surface area contributed by atoms with Crippen LogP contribution < -0.4 is 20.3 Å². The maximum Gasteiger partial charge on any atom is 0.323 e. The quantitative estimate of drug-likeness (QED) is 0.411. The minimum Gasteiger partial charge on any atom is -0.480 e. The highest BCUT2D eigenvalue weighted by atomic mass is 16.5. The van der Waals surface area contributed by atoms with E-state index in [2.05, 4.69) is 10.6 Å². The van der Waals surface area contributed by atoms with Gasteiger partial charge in [-0.1, -0.05) is 31.4 Å². The lowest BCUT2D eigenvalue weighted by Gasteiger charge is -2.24. The van der Waals surface area contributed by atoms with Gasteiger partial charge < -0.3 is 20.3 Å². The second-order valence-corrected chi connectivity index (χ2v) is 8.19. The molecule has 31 heavy (non-hydrogen) atoms. The van der Waals surface area contributed by atoms with Crippen LogP contribution in [0.4, 0.5) is 5.69 Å². The van der Waals surface area contributed by atoms with Crippen LogP contribution in [0.15, 0.2) is 24.3 Å². The number of hydrogen-bond donors (Lipinski definition) is 4. The molecule has 0 bridgehead atoms. The Balaban J connectivity index is 1.59. The molecule has 0 unspecified atom stereocenters. The second-order valence-electron chi connectivity index (χ2n) is 8.19. The van der Waals surface area contributed by atoms with E-state index in [1.807, 2.05) is 0 Å². The van der Waals surface area contributed by atoms with E-state index in [-0.39, 0.29) is 6.42 Å². The second kappa shape index (κ2) is 11.1. The Labute approximate surface area is 181 Å². The van der Waals surface area contributed by atoms with Gasteiger partial charge in [-0.05, 0) is 50.4 Å². The lowest BCUT2D eigenvalue weighted by atomic mass is 9.92. The largest absolute Gasteiger partial charge is 0.480 e. The Morgan fingerprint density at radius 2 is 1.94 bits per heavy atom. The van der Waals surface area contributed by atoms with Crippen LogP contribution in [0.2, 0.25) is 0 Å². The van der Waals surface area contributed by atoms with Crippen molar-refractivity contribution in [1.29, 1.82) is 0 Å². The molecule has 170 valence electrons. The van der Waals surface area contributed by atoms with Gasteiger partial charge in [0.05, 0.1) is 12.1 Å². The Morgan fingerprint density at radius 3 is 2.65 bits per heavy atom. The molecule has 2 atom stereocenters. The van der Waals surface area contributed by atoms with Crippen LogP contribution in [0, 0.1) is 5.92 Å². The predicted molar refractivity (Wildman–Crippen MR) is 114 cm³/mol. The van der Waals surface area contributed by atoms with Crippen LogP contribution in [-0.2, 0) is 14.4 Å². The number of carboxylic acids is 2. The van der Waals surface area contributed by atoms with Gasteiger partial charge in [-0.2, -0.15) is 0 Å². The van der Waals surface area contributed by atoms with Crippen molar-refractivity contribution in [3.8, 4) is 5.75 Å². The number of nitrogens with one attached hydrogen (secondary N) is 2. The summed E-state index contributed by atoms with van der Waals surface area (Å²) in [6.45, 7) is 1.62. The topological polar surface area (TPSA) is 128 Å². The number of rotatable bonds is 10. The fourth-order valence-corrected chi connectivity index (χ4v) is 4.23. The molecule has 2 aliphatic heterocycles. The van der Waals surface area contributed by atoms with Crippen molar-refractivity contribution in [2.75, 3.05) is 24.5 Å². The maximum atomic E-state index is 12.7. The third kappa shape index (κ3) is 6.67. The Kier molecular flexibility index (Phi) is 8.25. The van der Waals surface area contributed by atoms with E-state index < -0.39 is 36.7 Å². The first kappa shape index (κ1) is 23.0. The van der Waals surface area contributed by atoms with E-state index in [4.69, 9.17) is 9.84 Å². The normalized spacial score (nSPS) is 20.5. The molecule has 1 aromatic rings. The van der Waals surface area contributed by atoms with Crippen molar-refractivity contribution in [2.24, 2.45) is 5.92 Å². The highest BCUT2D eigenvalue weighted by Crippen LogP contribution is 2.32. The number of nitrogens with zero attached hydrogens (tertiary/aromatic N) is 1. The summed E-state index contributed by atoms with van der Waals surface area (Å²) in [6.07, 6.45) is 4.62. The van der Waals surface area contributed by atoms with Crippen molar-refractivity contribution >= 4 is 23.5 Å². The fraction of sp³-hybridized carbons (Fsp3) is 0.591. The molecule has 9 nitrogen and oxygen atoms in total. The Morgan fingerprint density at radius 1 is 1.19 bits per heavy atom. The number of amides is 1. The van der Waals surface area contributed by atoms with Gasteiger partial charge in [0.1, 0.15) is 18.3 Å². The zero-order valence-corrected chi connectivity index (χ0v) is 17.6. The van der Waals surface area contributed by atoms with E-state index in [1.54, 1.807) is 24.3 Å². The van der Waals surface area contributed by atoms with Crippen LogP contribution in [-0.4, -0.2) is 60.0 Å². The summed E-state index contributed by atoms with van der Waals surface area (Å²) in [4.78, 5) is 36.9. The lowest BCUT2D eigenvalue weighted by Crippen LogP contribution is -2.47. The lowest BCUT2D eigenvalue weighted by molar-refractivity contribution is -0.141. The van der Waals surface area contributed by atoms with Crippen molar-refractivity contribution in [3.05, 3.63) is 24.3 Å². The molecule has 1 amide bonds. The summed E-state index contributed by atoms with van der Waals surface area (Å²) < 4.78 is 5.88. The van der Waals surface area contributed by atoms with E-state index >= 15 is 0 Å². The van der Waals surface area contributed by atoms with Crippen molar-refractivity contribution in [3.63, 3.8) is 0 Å². The molecule has 0 spiro atoms. The average molecular weight is 434 g/mol. The van der Waals surface area contributed by atoms with E-state index in [9.17, 15) is 19.5 Å². The summed E-state index contributed by atoms with van der Waals surface area (Å²) in [7, 11) is 0. The van der Waals surface area contributed by atoms with Gasteiger partial charge in [0, 0.05) is 0 Å². The third-order valence-electron chi connectivity index (χ3n) is 5.88. The van der Waals surface area contributed by atoms with Crippen LogP contribution in [0.25, 0.3) is 0 Å². The molecule has 9 heteroatoms. The molecule has 4 N–H and O–H groups in total. The van der Waals surface area contributed by atoms with Gasteiger partial charge in [-0.25, -0.2) is 0 Å². The first-order valence-corrected chi connectivity index (χ1v) is 10.9. The van der Waals surface area contributed by atoms with Gasteiger partial charge in [0.2, 0.25) is 5.91 Å². The van der Waals surface area contributed by atoms with Gasteiger partial charge in [-0.3, -0.25) is 24.6 Å². The number of benzene rings is 1. The first-order chi connectivity index (χ1) is 14.9. The fourth-order valence-electron chi connectivity index (χ4n) is 4.23. The number of fused-ring (bicyclic) bond motifs is 1. The van der Waals surface area contributed by atoms with E-state index in [1.165, 1.54) is 12.8 Å². The zero-order valence-electron chi connectivity index (χ0n) is 17.6. The summed E-state index contributed by atoms with van der Waals surface area (Å²) >= 11 is 0. The number of piperidine rings is 1. The predicted octanol–water partition coefficient (Wildman–Crippen LogP) is 1.82. The molecule has 2 aliphatic rings. The minimum absolute atomic E-state index is 0.152. The molecule has 0 radical (unpaired) electrons. The van der Waals surface area contributed by atoms with Crippen LogP contribution in [0.5, 0.6) is 5.75 Å². The van der Waals surface area contributed by atoms with Crippen LogP contribution >= 0.6 is 0 Å². The number of aliphatic carboxylic acids is 2. The smallest absolute Gasteiger partial charge is 0.323 e. The molecule has 1 fully saturated rings. The highest BCUT2D eigenvalue weighted by Gasteiger charge is 2.32. The summed E-state index contributed by atoms with van der Waals surface area (Å²) in [5.41, 5.74) is 0.369. The number of carboxylic acid groups (broad SMARTS) is 2. The number of carbonyl (C=O) groups is 3. The number of unbranched alkanes of at least 4 members (excludes halogenated alkanes) is 1. The van der Waals surface area contributed by atoms with E-state index in [0.29, 0.717) is 23.8 Å². The molecular weight excluding hydrogens is 402 g/mol. The highest BCUT2D eigenvalue weighted by molar-refractivity contribution is 5.99. The first-order valence-electron chi connectivity index (χ1n) is 10.9.